The summed E-state index contributed by atoms with van der Waals surface area (Å²) in [5.41, 5.74) is 1.06. The van der Waals surface area contributed by atoms with E-state index in [1.807, 2.05) is 0 Å². The molecule has 0 aliphatic rings. The molecule has 0 aliphatic carbocycles. The van der Waals surface area contributed by atoms with Crippen LogP contribution in [0.5, 0.6) is 0 Å². The normalized spacial score (nSPS) is 11.1. The molecule has 0 bridgehead atoms. The van der Waals surface area contributed by atoms with Gasteiger partial charge in [-0.25, -0.2) is 13.6 Å². The topological polar surface area (TPSA) is 102 Å². The van der Waals surface area contributed by atoms with Gasteiger partial charge in [0.25, 0.3) is 5.91 Å². The highest BCUT2D eigenvalue weighted by Crippen LogP contribution is 2.13. The van der Waals surface area contributed by atoms with Crippen molar-refractivity contribution in [2.45, 2.75) is 11.4 Å². The van der Waals surface area contributed by atoms with E-state index in [2.05, 4.69) is 10.3 Å². The first kappa shape index (κ1) is 15.4. The molecule has 8 heteroatoms. The Kier molecular flexibility index (Phi) is 4.56. The maximum Gasteiger partial charge on any atom is 0.253 e. The van der Waals surface area contributed by atoms with Gasteiger partial charge in [-0.3, -0.25) is 9.78 Å². The molecule has 0 spiro atoms. The first-order valence-corrected chi connectivity index (χ1v) is 7.80. The number of nitrogens with zero attached hydrogens (tertiary/aromatic N) is 1. The van der Waals surface area contributed by atoms with Crippen molar-refractivity contribution in [3.63, 3.8) is 0 Å². The standard InChI is InChI=1S/C13H12ClN3O3S/c14-12-8-16-6-5-11(12)13(18)17-7-9-1-3-10(4-2-9)21(15,19)20/h1-6,8H,7H2,(H,17,18)(H2,15,19,20). The summed E-state index contributed by atoms with van der Waals surface area (Å²) < 4.78 is 22.2. The van der Waals surface area contributed by atoms with Crippen LogP contribution in [0.15, 0.2) is 47.6 Å². The molecule has 1 heterocycles. The second kappa shape index (κ2) is 6.21. The zero-order chi connectivity index (χ0) is 15.5. The van der Waals surface area contributed by atoms with E-state index in [0.29, 0.717) is 5.56 Å². The van der Waals surface area contributed by atoms with Gasteiger partial charge in [0.2, 0.25) is 10.0 Å². The fourth-order valence-electron chi connectivity index (χ4n) is 1.63. The van der Waals surface area contributed by atoms with Gasteiger partial charge in [-0.1, -0.05) is 23.7 Å². The molecule has 0 atom stereocenters. The Balaban J connectivity index is 2.04. The van der Waals surface area contributed by atoms with Gasteiger partial charge in [0.1, 0.15) is 0 Å². The van der Waals surface area contributed by atoms with Crippen LogP contribution >= 0.6 is 11.6 Å². The minimum Gasteiger partial charge on any atom is -0.348 e. The van der Waals surface area contributed by atoms with Crippen LogP contribution in [-0.2, 0) is 16.6 Å². The minimum absolute atomic E-state index is 0.0229. The highest BCUT2D eigenvalue weighted by molar-refractivity contribution is 7.89. The monoisotopic (exact) mass is 325 g/mol. The number of rotatable bonds is 4. The molecule has 110 valence electrons. The molecular formula is C13H12ClN3O3S. The van der Waals surface area contributed by atoms with Gasteiger partial charge in [0.15, 0.2) is 0 Å². The third kappa shape index (κ3) is 4.01. The number of carbonyl (C=O) groups excluding carboxylic acids is 1. The third-order valence-corrected chi connectivity index (χ3v) is 3.95. The van der Waals surface area contributed by atoms with Gasteiger partial charge >= 0.3 is 0 Å². The largest absolute Gasteiger partial charge is 0.348 e. The Morgan fingerprint density at radius 2 is 1.90 bits per heavy atom. The quantitative estimate of drug-likeness (QED) is 0.884. The lowest BCUT2D eigenvalue weighted by atomic mass is 10.2. The number of hydrogen-bond acceptors (Lipinski definition) is 4. The number of carbonyl (C=O) groups is 1. The molecule has 1 aromatic heterocycles. The number of halogens is 1. The van der Waals surface area contributed by atoms with Gasteiger partial charge in [-0.15, -0.1) is 0 Å². The molecule has 21 heavy (non-hydrogen) atoms. The van der Waals surface area contributed by atoms with Crippen LogP contribution in [0.25, 0.3) is 0 Å². The molecule has 1 amide bonds. The van der Waals surface area contributed by atoms with E-state index in [-0.39, 0.29) is 22.4 Å². The van der Waals surface area contributed by atoms with Crippen molar-refractivity contribution >= 4 is 27.5 Å². The number of hydrogen-bond donors (Lipinski definition) is 2. The minimum atomic E-state index is -3.71. The van der Waals surface area contributed by atoms with E-state index >= 15 is 0 Å². The van der Waals surface area contributed by atoms with E-state index < -0.39 is 10.0 Å². The molecule has 0 saturated heterocycles. The molecule has 0 fully saturated rings. The van der Waals surface area contributed by atoms with E-state index in [1.165, 1.54) is 30.6 Å². The SMILES string of the molecule is NS(=O)(=O)c1ccc(CNC(=O)c2ccncc2Cl)cc1. The summed E-state index contributed by atoms with van der Waals surface area (Å²) in [5, 5.41) is 7.95. The van der Waals surface area contributed by atoms with Gasteiger partial charge < -0.3 is 5.32 Å². The van der Waals surface area contributed by atoms with E-state index in [0.717, 1.165) is 5.56 Å². The maximum atomic E-state index is 11.9. The van der Waals surface area contributed by atoms with Crippen molar-refractivity contribution in [3.8, 4) is 0 Å². The molecule has 0 aliphatic heterocycles. The predicted molar refractivity (Wildman–Crippen MR) is 78.2 cm³/mol. The van der Waals surface area contributed by atoms with E-state index in [1.54, 1.807) is 12.1 Å². The van der Waals surface area contributed by atoms with Crippen molar-refractivity contribution in [2.75, 3.05) is 0 Å². The number of primary sulfonamides is 1. The number of benzene rings is 1. The summed E-state index contributed by atoms with van der Waals surface area (Å²) >= 11 is 5.87. The zero-order valence-corrected chi connectivity index (χ0v) is 12.4. The van der Waals surface area contributed by atoms with E-state index in [4.69, 9.17) is 16.7 Å². The number of aromatic nitrogens is 1. The predicted octanol–water partition coefficient (Wildman–Crippen LogP) is 1.31. The molecule has 1 aromatic carbocycles. The van der Waals surface area contributed by atoms with Gasteiger partial charge in [-0.2, -0.15) is 0 Å². The number of amides is 1. The fraction of sp³-hybridized carbons (Fsp3) is 0.0769. The lowest BCUT2D eigenvalue weighted by Crippen LogP contribution is -2.23. The van der Waals surface area contributed by atoms with Crippen molar-refractivity contribution in [3.05, 3.63) is 58.9 Å². The number of pyridine rings is 1. The summed E-state index contributed by atoms with van der Waals surface area (Å²) in [6, 6.07) is 7.44. The summed E-state index contributed by atoms with van der Waals surface area (Å²) in [4.78, 5) is 15.7. The van der Waals surface area contributed by atoms with Gasteiger partial charge in [-0.05, 0) is 23.8 Å². The zero-order valence-electron chi connectivity index (χ0n) is 10.8. The van der Waals surface area contributed by atoms with Crippen LogP contribution in [0.4, 0.5) is 0 Å². The highest BCUT2D eigenvalue weighted by Gasteiger charge is 2.10. The van der Waals surface area contributed by atoms with E-state index in [9.17, 15) is 13.2 Å². The number of nitrogens with one attached hydrogen (secondary N) is 1. The molecule has 0 unspecified atom stereocenters. The van der Waals surface area contributed by atoms with Crippen molar-refractivity contribution in [1.82, 2.24) is 10.3 Å². The Hall–Kier alpha value is -1.96. The highest BCUT2D eigenvalue weighted by atomic mass is 35.5. The second-order valence-corrected chi connectivity index (χ2v) is 6.20. The second-order valence-electron chi connectivity index (χ2n) is 4.23. The average Bonchev–Trinajstić information content (AvgIpc) is 2.45. The fourth-order valence-corrected chi connectivity index (χ4v) is 2.35. The molecule has 0 radical (unpaired) electrons. The molecule has 3 N–H and O–H groups in total. The Morgan fingerprint density at radius 1 is 1.24 bits per heavy atom. The Bertz CT molecular complexity index is 760. The lowest BCUT2D eigenvalue weighted by Gasteiger charge is -2.07. The van der Waals surface area contributed by atoms with Crippen LogP contribution in [0.1, 0.15) is 15.9 Å². The van der Waals surface area contributed by atoms with Crippen LogP contribution < -0.4 is 10.5 Å². The molecule has 6 nitrogen and oxygen atoms in total. The third-order valence-electron chi connectivity index (χ3n) is 2.72. The first-order valence-electron chi connectivity index (χ1n) is 5.87. The molecular weight excluding hydrogens is 314 g/mol. The molecule has 0 saturated carbocycles. The molecule has 2 rings (SSSR count). The van der Waals surface area contributed by atoms with Crippen LogP contribution in [0.2, 0.25) is 5.02 Å². The van der Waals surface area contributed by atoms with Gasteiger partial charge in [0.05, 0.1) is 15.5 Å². The Morgan fingerprint density at radius 3 is 2.48 bits per heavy atom. The van der Waals surface area contributed by atoms with Crippen LogP contribution in [0, 0.1) is 0 Å². The Labute approximate surface area is 127 Å². The maximum absolute atomic E-state index is 11.9. The number of nitrogens with two attached hydrogens (primary N) is 1. The van der Waals surface area contributed by atoms with Crippen LogP contribution in [0.3, 0.4) is 0 Å². The lowest BCUT2D eigenvalue weighted by molar-refractivity contribution is 0.0951. The van der Waals surface area contributed by atoms with Crippen molar-refractivity contribution in [2.24, 2.45) is 5.14 Å². The summed E-state index contributed by atoms with van der Waals surface area (Å²) in [6.07, 6.45) is 2.86. The van der Waals surface area contributed by atoms with Gasteiger partial charge in [0, 0.05) is 18.9 Å². The number of sulfonamides is 1. The summed E-state index contributed by atoms with van der Waals surface area (Å²) in [5.74, 6) is -0.335. The van der Waals surface area contributed by atoms with Crippen LogP contribution in [-0.4, -0.2) is 19.3 Å². The average molecular weight is 326 g/mol. The first-order chi connectivity index (χ1) is 9.88. The summed E-state index contributed by atoms with van der Waals surface area (Å²) in [6.45, 7) is 0.238. The summed E-state index contributed by atoms with van der Waals surface area (Å²) in [7, 11) is -3.71. The smallest absolute Gasteiger partial charge is 0.253 e. The van der Waals surface area contributed by atoms with Crippen molar-refractivity contribution < 1.29 is 13.2 Å². The van der Waals surface area contributed by atoms with Crippen molar-refractivity contribution in [1.29, 1.82) is 0 Å². The molecule has 2 aromatic rings.